The fraction of sp³-hybridized carbons (Fsp3) is 0.333. The summed E-state index contributed by atoms with van der Waals surface area (Å²) in [5.41, 5.74) is 1.69. The Bertz CT molecular complexity index is 1410. The number of aromatic nitrogens is 4. The zero-order chi connectivity index (χ0) is 25.3. The molecular weight excluding hydrogens is 479 g/mol. The molecule has 2 aromatic heterocycles. The molecule has 12 heteroatoms. The number of hydrogen-bond donors (Lipinski definition) is 2. The number of fused-ring (bicyclic) bond motifs is 1. The Morgan fingerprint density at radius 2 is 1.97 bits per heavy atom. The van der Waals surface area contributed by atoms with E-state index in [0.717, 1.165) is 13.0 Å². The Kier molecular flexibility index (Phi) is 6.46. The SMILES string of the molecule is COCc1ccc(OC(F)(F)F)c(Cn2c(=O)[nH]c3c2c(OC2CCNC2)nn3-c2ccccc2)c1. The number of imidazole rings is 1. The van der Waals surface area contributed by atoms with Gasteiger partial charge in [-0.15, -0.1) is 18.3 Å². The molecule has 5 rings (SSSR count). The summed E-state index contributed by atoms with van der Waals surface area (Å²) in [6, 6.07) is 13.4. The third-order valence-corrected chi connectivity index (χ3v) is 5.85. The van der Waals surface area contributed by atoms with Gasteiger partial charge in [-0.1, -0.05) is 24.3 Å². The van der Waals surface area contributed by atoms with Crippen LogP contribution < -0.4 is 20.5 Å². The van der Waals surface area contributed by atoms with E-state index in [1.165, 1.54) is 29.9 Å². The van der Waals surface area contributed by atoms with Crippen molar-refractivity contribution >= 4 is 11.2 Å². The van der Waals surface area contributed by atoms with E-state index in [1.54, 1.807) is 4.68 Å². The first kappa shape index (κ1) is 23.9. The molecule has 0 aliphatic carbocycles. The van der Waals surface area contributed by atoms with Gasteiger partial charge in [-0.05, 0) is 42.8 Å². The smallest absolute Gasteiger partial charge is 0.470 e. The second kappa shape index (κ2) is 9.70. The summed E-state index contributed by atoms with van der Waals surface area (Å²) in [6.45, 7) is 1.39. The molecule has 1 unspecified atom stereocenters. The van der Waals surface area contributed by atoms with Gasteiger partial charge in [0, 0.05) is 19.2 Å². The Hall–Kier alpha value is -3.77. The van der Waals surface area contributed by atoms with Crippen LogP contribution in [0.25, 0.3) is 16.9 Å². The van der Waals surface area contributed by atoms with Gasteiger partial charge >= 0.3 is 12.1 Å². The molecule has 4 aromatic rings. The minimum atomic E-state index is -4.89. The second-order valence-electron chi connectivity index (χ2n) is 8.42. The highest BCUT2D eigenvalue weighted by molar-refractivity contribution is 5.79. The largest absolute Gasteiger partial charge is 0.573 e. The van der Waals surface area contributed by atoms with Crippen LogP contribution in [0.3, 0.4) is 0 Å². The van der Waals surface area contributed by atoms with Crippen molar-refractivity contribution in [2.24, 2.45) is 0 Å². The lowest BCUT2D eigenvalue weighted by Crippen LogP contribution is -2.23. The molecule has 9 nitrogen and oxygen atoms in total. The summed E-state index contributed by atoms with van der Waals surface area (Å²) in [5.74, 6) is -0.186. The number of rotatable bonds is 8. The minimum Gasteiger partial charge on any atom is -0.470 e. The molecule has 2 aromatic carbocycles. The number of halogens is 3. The summed E-state index contributed by atoms with van der Waals surface area (Å²) >= 11 is 0. The van der Waals surface area contributed by atoms with Crippen LogP contribution >= 0.6 is 0 Å². The molecule has 0 bridgehead atoms. The zero-order valence-electron chi connectivity index (χ0n) is 19.3. The first-order valence-electron chi connectivity index (χ1n) is 11.3. The number of benzene rings is 2. The van der Waals surface area contributed by atoms with Crippen LogP contribution in [0, 0.1) is 0 Å². The fourth-order valence-electron chi connectivity index (χ4n) is 4.30. The Balaban J connectivity index is 1.63. The summed E-state index contributed by atoms with van der Waals surface area (Å²) in [4.78, 5) is 15.9. The maximum absolute atomic E-state index is 13.1. The van der Waals surface area contributed by atoms with Gasteiger partial charge in [-0.3, -0.25) is 9.55 Å². The highest BCUT2D eigenvalue weighted by Crippen LogP contribution is 2.31. The van der Waals surface area contributed by atoms with E-state index >= 15 is 0 Å². The van der Waals surface area contributed by atoms with Crippen LogP contribution in [0.4, 0.5) is 13.2 Å². The topological polar surface area (TPSA) is 95.3 Å². The van der Waals surface area contributed by atoms with Crippen molar-refractivity contribution in [1.29, 1.82) is 0 Å². The zero-order valence-corrected chi connectivity index (χ0v) is 19.3. The first-order valence-corrected chi connectivity index (χ1v) is 11.3. The average Bonchev–Trinajstić information content (AvgIpc) is 3.54. The molecule has 1 atom stereocenters. The fourth-order valence-corrected chi connectivity index (χ4v) is 4.30. The van der Waals surface area contributed by atoms with Crippen molar-refractivity contribution < 1.29 is 27.4 Å². The Labute approximate surface area is 203 Å². The molecular formula is C24H24F3N5O4. The highest BCUT2D eigenvalue weighted by Gasteiger charge is 2.32. The van der Waals surface area contributed by atoms with E-state index in [4.69, 9.17) is 9.47 Å². The number of nitrogens with one attached hydrogen (secondary N) is 2. The van der Waals surface area contributed by atoms with Gasteiger partial charge in [0.15, 0.2) is 11.2 Å². The van der Waals surface area contributed by atoms with E-state index in [0.29, 0.717) is 29.0 Å². The Morgan fingerprint density at radius 1 is 1.17 bits per heavy atom. The van der Waals surface area contributed by atoms with Crippen molar-refractivity contribution in [2.45, 2.75) is 32.0 Å². The third kappa shape index (κ3) is 4.95. The van der Waals surface area contributed by atoms with Gasteiger partial charge in [0.25, 0.3) is 5.88 Å². The second-order valence-corrected chi connectivity index (χ2v) is 8.42. The van der Waals surface area contributed by atoms with Gasteiger partial charge in [-0.2, -0.15) is 0 Å². The molecule has 3 heterocycles. The van der Waals surface area contributed by atoms with Crippen LogP contribution in [0.15, 0.2) is 53.3 Å². The van der Waals surface area contributed by atoms with Crippen molar-refractivity contribution in [3.8, 4) is 17.3 Å². The van der Waals surface area contributed by atoms with Crippen LogP contribution in [-0.4, -0.2) is 52.0 Å². The molecule has 0 spiro atoms. The first-order chi connectivity index (χ1) is 17.3. The maximum atomic E-state index is 13.1. The standard InChI is InChI=1S/C24H24F3N5O4/c1-34-14-15-7-8-19(36-24(25,26)27)16(11-15)13-31-20-21(29-23(31)33)32(17-5-3-2-4-6-17)30-22(20)35-18-9-10-28-12-18/h2-8,11,18,28H,9-10,12-14H2,1H3,(H,29,33). The van der Waals surface area contributed by atoms with Crippen molar-refractivity contribution in [3.63, 3.8) is 0 Å². The van der Waals surface area contributed by atoms with Gasteiger partial charge in [-0.25, -0.2) is 9.48 Å². The number of para-hydroxylation sites is 1. The number of H-pyrrole nitrogens is 1. The summed E-state index contributed by atoms with van der Waals surface area (Å²) in [5, 5.41) is 7.82. The molecule has 190 valence electrons. The lowest BCUT2D eigenvalue weighted by atomic mass is 10.1. The predicted octanol–water partition coefficient (Wildman–Crippen LogP) is 3.35. The van der Waals surface area contributed by atoms with E-state index in [9.17, 15) is 18.0 Å². The molecule has 0 saturated carbocycles. The average molecular weight is 503 g/mol. The van der Waals surface area contributed by atoms with Crippen LogP contribution in [0.1, 0.15) is 17.5 Å². The van der Waals surface area contributed by atoms with E-state index < -0.39 is 17.8 Å². The Morgan fingerprint density at radius 3 is 2.67 bits per heavy atom. The monoisotopic (exact) mass is 503 g/mol. The molecule has 2 N–H and O–H groups in total. The number of alkyl halides is 3. The number of nitrogens with zero attached hydrogens (tertiary/aromatic N) is 3. The molecule has 0 radical (unpaired) electrons. The summed E-state index contributed by atoms with van der Waals surface area (Å²) in [7, 11) is 1.49. The number of ether oxygens (including phenoxy) is 3. The number of aromatic amines is 1. The molecule has 1 saturated heterocycles. The van der Waals surface area contributed by atoms with E-state index in [2.05, 4.69) is 20.1 Å². The highest BCUT2D eigenvalue weighted by atomic mass is 19.4. The molecule has 1 aliphatic heterocycles. The van der Waals surface area contributed by atoms with Gasteiger partial charge in [0.2, 0.25) is 0 Å². The van der Waals surface area contributed by atoms with Crippen molar-refractivity contribution in [1.82, 2.24) is 24.6 Å². The van der Waals surface area contributed by atoms with Gasteiger partial charge in [0.1, 0.15) is 11.9 Å². The van der Waals surface area contributed by atoms with E-state index in [-0.39, 0.29) is 30.7 Å². The molecule has 1 fully saturated rings. The summed E-state index contributed by atoms with van der Waals surface area (Å²) in [6.07, 6.45) is -4.28. The van der Waals surface area contributed by atoms with Crippen LogP contribution in [-0.2, 0) is 17.9 Å². The minimum absolute atomic E-state index is 0.153. The number of methoxy groups -OCH3 is 1. The third-order valence-electron chi connectivity index (χ3n) is 5.85. The van der Waals surface area contributed by atoms with Crippen molar-refractivity contribution in [2.75, 3.05) is 20.2 Å². The van der Waals surface area contributed by atoms with Crippen LogP contribution in [0.2, 0.25) is 0 Å². The molecule has 36 heavy (non-hydrogen) atoms. The normalized spacial score (nSPS) is 16.1. The van der Waals surface area contributed by atoms with Crippen molar-refractivity contribution in [3.05, 3.63) is 70.1 Å². The van der Waals surface area contributed by atoms with Crippen LogP contribution in [0.5, 0.6) is 11.6 Å². The maximum Gasteiger partial charge on any atom is 0.573 e. The lowest BCUT2D eigenvalue weighted by Gasteiger charge is -2.15. The quantitative estimate of drug-likeness (QED) is 0.383. The van der Waals surface area contributed by atoms with Gasteiger partial charge < -0.3 is 19.5 Å². The van der Waals surface area contributed by atoms with Gasteiger partial charge in [0.05, 0.1) is 18.8 Å². The molecule has 1 aliphatic rings. The number of hydrogen-bond acceptors (Lipinski definition) is 6. The summed E-state index contributed by atoms with van der Waals surface area (Å²) < 4.78 is 57.7. The van der Waals surface area contributed by atoms with E-state index in [1.807, 2.05) is 30.3 Å². The molecule has 0 amide bonds. The predicted molar refractivity (Wildman–Crippen MR) is 125 cm³/mol. The lowest BCUT2D eigenvalue weighted by molar-refractivity contribution is -0.274.